The predicted molar refractivity (Wildman–Crippen MR) is 77.0 cm³/mol. The summed E-state index contributed by atoms with van der Waals surface area (Å²) in [4.78, 5) is 9.35. The van der Waals surface area contributed by atoms with Crippen LogP contribution in [0.4, 0.5) is 0 Å². The molecule has 19 heavy (non-hydrogen) atoms. The Balaban J connectivity index is 2.10. The minimum Gasteiger partial charge on any atom is -0.311 e. The van der Waals surface area contributed by atoms with Gasteiger partial charge in [-0.25, -0.2) is 9.97 Å². The van der Waals surface area contributed by atoms with Crippen LogP contribution in [-0.2, 0) is 6.54 Å². The predicted octanol–water partition coefficient (Wildman–Crippen LogP) is 2.90. The number of imidazole rings is 1. The van der Waals surface area contributed by atoms with Crippen LogP contribution in [0.3, 0.4) is 0 Å². The van der Waals surface area contributed by atoms with Gasteiger partial charge in [0.2, 0.25) is 0 Å². The van der Waals surface area contributed by atoms with Gasteiger partial charge < -0.3 is 9.88 Å². The van der Waals surface area contributed by atoms with Gasteiger partial charge in [-0.1, -0.05) is 20.8 Å². The van der Waals surface area contributed by atoms with Crippen LogP contribution < -0.4 is 5.32 Å². The molecular weight excluding hydrogens is 236 g/mol. The van der Waals surface area contributed by atoms with E-state index in [0.29, 0.717) is 6.04 Å². The number of aromatic nitrogens is 3. The number of hydrogen-bond acceptors (Lipinski definition) is 3. The first-order valence-electron chi connectivity index (χ1n) is 7.09. The van der Waals surface area contributed by atoms with Crippen molar-refractivity contribution in [2.45, 2.75) is 46.2 Å². The Morgan fingerprint density at radius 3 is 2.95 bits per heavy atom. The molecule has 3 heterocycles. The van der Waals surface area contributed by atoms with Crippen molar-refractivity contribution >= 4 is 11.2 Å². The zero-order chi connectivity index (χ0) is 13.5. The van der Waals surface area contributed by atoms with Crippen LogP contribution in [0, 0.1) is 5.41 Å². The second kappa shape index (κ2) is 4.60. The zero-order valence-electron chi connectivity index (χ0n) is 12.0. The minimum absolute atomic E-state index is 0.221. The average molecular weight is 258 g/mol. The second-order valence-corrected chi connectivity index (χ2v) is 6.61. The maximum absolute atomic E-state index is 4.82. The van der Waals surface area contributed by atoms with E-state index in [1.165, 1.54) is 12.8 Å². The number of rotatable bonds is 2. The summed E-state index contributed by atoms with van der Waals surface area (Å²) in [6.45, 7) is 8.82. The fourth-order valence-electron chi connectivity index (χ4n) is 2.78. The highest BCUT2D eigenvalue weighted by Gasteiger charge is 2.25. The summed E-state index contributed by atoms with van der Waals surface area (Å²) in [5, 5.41) is 3.55. The van der Waals surface area contributed by atoms with Gasteiger partial charge in [0.25, 0.3) is 0 Å². The largest absolute Gasteiger partial charge is 0.311 e. The van der Waals surface area contributed by atoms with E-state index in [-0.39, 0.29) is 5.41 Å². The number of nitrogens with zero attached hydrogens (tertiary/aromatic N) is 3. The smallest absolute Gasteiger partial charge is 0.160 e. The lowest BCUT2D eigenvalue weighted by Gasteiger charge is -2.22. The topological polar surface area (TPSA) is 42.7 Å². The molecule has 0 spiro atoms. The van der Waals surface area contributed by atoms with Crippen molar-refractivity contribution in [3.63, 3.8) is 0 Å². The molecule has 1 aliphatic heterocycles. The zero-order valence-corrected chi connectivity index (χ0v) is 12.0. The van der Waals surface area contributed by atoms with Crippen molar-refractivity contribution < 1.29 is 0 Å². The SMILES string of the molecule is CC(C)(C)Cn1c(C2CCCN2)nc2cccnc21. The molecule has 4 heteroatoms. The summed E-state index contributed by atoms with van der Waals surface area (Å²) >= 11 is 0. The maximum atomic E-state index is 4.82. The van der Waals surface area contributed by atoms with Gasteiger partial charge in [0.1, 0.15) is 11.3 Å². The normalized spacial score (nSPS) is 20.3. The molecule has 0 aliphatic carbocycles. The third kappa shape index (κ3) is 2.50. The van der Waals surface area contributed by atoms with Crippen molar-refractivity contribution in [3.8, 4) is 0 Å². The van der Waals surface area contributed by atoms with E-state index in [4.69, 9.17) is 4.98 Å². The third-order valence-corrected chi connectivity index (χ3v) is 3.54. The molecule has 1 fully saturated rings. The lowest BCUT2D eigenvalue weighted by molar-refractivity contribution is 0.336. The van der Waals surface area contributed by atoms with Crippen molar-refractivity contribution in [1.82, 2.24) is 19.9 Å². The molecule has 0 radical (unpaired) electrons. The van der Waals surface area contributed by atoms with E-state index in [1.54, 1.807) is 0 Å². The summed E-state index contributed by atoms with van der Waals surface area (Å²) in [7, 11) is 0. The van der Waals surface area contributed by atoms with Crippen LogP contribution in [0.25, 0.3) is 11.2 Å². The standard InChI is InChI=1S/C15H22N4/c1-15(2,3)10-19-13-12(7-5-9-17-13)18-14(19)11-6-4-8-16-11/h5,7,9,11,16H,4,6,8,10H2,1-3H3. The van der Waals surface area contributed by atoms with Gasteiger partial charge in [0.15, 0.2) is 5.65 Å². The van der Waals surface area contributed by atoms with Crippen LogP contribution >= 0.6 is 0 Å². The van der Waals surface area contributed by atoms with Crippen LogP contribution in [0.1, 0.15) is 45.5 Å². The molecule has 1 aliphatic rings. The van der Waals surface area contributed by atoms with Gasteiger partial charge in [-0.2, -0.15) is 0 Å². The molecule has 4 nitrogen and oxygen atoms in total. The number of fused-ring (bicyclic) bond motifs is 1. The maximum Gasteiger partial charge on any atom is 0.160 e. The fraction of sp³-hybridized carbons (Fsp3) is 0.600. The highest BCUT2D eigenvalue weighted by molar-refractivity contribution is 5.71. The van der Waals surface area contributed by atoms with Crippen LogP contribution in [0.5, 0.6) is 0 Å². The Labute approximate surface area is 114 Å². The summed E-state index contributed by atoms with van der Waals surface area (Å²) in [5.74, 6) is 1.15. The Morgan fingerprint density at radius 1 is 1.42 bits per heavy atom. The molecule has 1 N–H and O–H groups in total. The highest BCUT2D eigenvalue weighted by Crippen LogP contribution is 2.28. The fourth-order valence-corrected chi connectivity index (χ4v) is 2.78. The lowest BCUT2D eigenvalue weighted by Crippen LogP contribution is -2.22. The van der Waals surface area contributed by atoms with Crippen molar-refractivity contribution in [2.24, 2.45) is 5.41 Å². The molecule has 0 amide bonds. The Bertz CT molecular complexity index is 573. The molecule has 0 bridgehead atoms. The van der Waals surface area contributed by atoms with E-state index >= 15 is 0 Å². The molecule has 0 aromatic carbocycles. The van der Waals surface area contributed by atoms with Gasteiger partial charge in [-0.05, 0) is 36.9 Å². The average Bonchev–Trinajstić information content (AvgIpc) is 2.95. The molecule has 3 rings (SSSR count). The minimum atomic E-state index is 0.221. The van der Waals surface area contributed by atoms with E-state index in [9.17, 15) is 0 Å². The quantitative estimate of drug-likeness (QED) is 0.900. The van der Waals surface area contributed by atoms with Crippen LogP contribution in [0.2, 0.25) is 0 Å². The van der Waals surface area contributed by atoms with Gasteiger partial charge in [0, 0.05) is 12.7 Å². The van der Waals surface area contributed by atoms with Crippen molar-refractivity contribution in [3.05, 3.63) is 24.2 Å². The molecule has 1 saturated heterocycles. The first-order chi connectivity index (χ1) is 9.04. The summed E-state index contributed by atoms with van der Waals surface area (Å²) in [6, 6.07) is 4.40. The van der Waals surface area contributed by atoms with Gasteiger partial charge in [0.05, 0.1) is 6.04 Å². The first kappa shape index (κ1) is 12.6. The Kier molecular flexibility index (Phi) is 3.05. The van der Waals surface area contributed by atoms with E-state index in [0.717, 1.165) is 30.1 Å². The molecule has 2 aromatic heterocycles. The van der Waals surface area contributed by atoms with Gasteiger partial charge >= 0.3 is 0 Å². The third-order valence-electron chi connectivity index (χ3n) is 3.54. The monoisotopic (exact) mass is 258 g/mol. The van der Waals surface area contributed by atoms with Gasteiger partial charge in [-0.15, -0.1) is 0 Å². The van der Waals surface area contributed by atoms with Crippen LogP contribution in [-0.4, -0.2) is 21.1 Å². The summed E-state index contributed by atoms with van der Waals surface area (Å²) < 4.78 is 2.30. The number of hydrogen-bond donors (Lipinski definition) is 1. The summed E-state index contributed by atoms with van der Waals surface area (Å²) in [5.41, 5.74) is 2.25. The Morgan fingerprint density at radius 2 is 2.26 bits per heavy atom. The molecule has 0 saturated carbocycles. The molecule has 102 valence electrons. The number of nitrogens with one attached hydrogen (secondary N) is 1. The lowest BCUT2D eigenvalue weighted by atomic mass is 9.96. The second-order valence-electron chi connectivity index (χ2n) is 6.61. The van der Waals surface area contributed by atoms with E-state index in [2.05, 4.69) is 41.7 Å². The van der Waals surface area contributed by atoms with Crippen molar-refractivity contribution in [2.75, 3.05) is 6.54 Å². The molecular formula is C15H22N4. The summed E-state index contributed by atoms with van der Waals surface area (Å²) in [6.07, 6.45) is 4.26. The van der Waals surface area contributed by atoms with Crippen molar-refractivity contribution in [1.29, 1.82) is 0 Å². The molecule has 1 atom stereocenters. The van der Waals surface area contributed by atoms with Crippen LogP contribution in [0.15, 0.2) is 18.3 Å². The number of pyridine rings is 1. The Hall–Kier alpha value is -1.42. The van der Waals surface area contributed by atoms with E-state index < -0.39 is 0 Å². The molecule has 2 aromatic rings. The first-order valence-corrected chi connectivity index (χ1v) is 7.09. The molecule has 1 unspecified atom stereocenters. The van der Waals surface area contributed by atoms with Gasteiger partial charge in [-0.3, -0.25) is 0 Å². The van der Waals surface area contributed by atoms with E-state index in [1.807, 2.05) is 12.3 Å². The highest BCUT2D eigenvalue weighted by atomic mass is 15.2.